The van der Waals surface area contributed by atoms with Gasteiger partial charge in [0.15, 0.2) is 0 Å². The highest BCUT2D eigenvalue weighted by Crippen LogP contribution is 2.19. The minimum Gasteiger partial charge on any atom is -0.466 e. The Hall–Kier alpha value is -3.15. The molecule has 2 heterocycles. The number of ether oxygens (including phenoxy) is 1. The lowest BCUT2D eigenvalue weighted by atomic mass is 10.3. The van der Waals surface area contributed by atoms with Gasteiger partial charge in [0.2, 0.25) is 0 Å². The van der Waals surface area contributed by atoms with Gasteiger partial charge in [0.1, 0.15) is 5.82 Å². The van der Waals surface area contributed by atoms with E-state index in [4.69, 9.17) is 9.72 Å². The van der Waals surface area contributed by atoms with Crippen LogP contribution in [0.1, 0.15) is 19.2 Å². The number of esters is 1. The van der Waals surface area contributed by atoms with Crippen molar-refractivity contribution in [2.45, 2.75) is 26.4 Å². The molecule has 0 aliphatic heterocycles. The fourth-order valence-corrected chi connectivity index (χ4v) is 3.22. The first-order chi connectivity index (χ1) is 12.8. The minimum absolute atomic E-state index is 0.190. The molecular formula is C20H20N4O2. The van der Waals surface area contributed by atoms with E-state index >= 15 is 0 Å². The Kier molecular flexibility index (Phi) is 4.39. The molecule has 0 atom stereocenters. The van der Waals surface area contributed by atoms with Gasteiger partial charge < -0.3 is 13.9 Å². The van der Waals surface area contributed by atoms with Crippen molar-refractivity contribution in [1.29, 1.82) is 0 Å². The zero-order valence-electron chi connectivity index (χ0n) is 14.6. The van der Waals surface area contributed by atoms with Crippen LogP contribution in [-0.2, 0) is 22.6 Å². The lowest BCUT2D eigenvalue weighted by Crippen LogP contribution is -2.13. The molecule has 4 rings (SSSR count). The Morgan fingerprint density at radius 2 is 1.77 bits per heavy atom. The third-order valence-corrected chi connectivity index (χ3v) is 4.42. The number of carbonyl (C=O) groups is 1. The molecule has 0 spiro atoms. The first-order valence-corrected chi connectivity index (χ1v) is 8.76. The first kappa shape index (κ1) is 16.3. The summed E-state index contributed by atoms with van der Waals surface area (Å²) >= 11 is 0. The van der Waals surface area contributed by atoms with Crippen LogP contribution in [0.25, 0.3) is 22.1 Å². The van der Waals surface area contributed by atoms with Crippen LogP contribution in [-0.4, -0.2) is 31.7 Å². The standard InChI is InChI=1S/C20H20N4O2/c1-2-26-20(25)11-12-24-18-10-6-4-8-16(18)22-19(24)13-23-14-21-15-7-3-5-9-17(15)23/h3-10,14H,2,11-13H2,1H3. The fourth-order valence-electron chi connectivity index (χ4n) is 3.22. The van der Waals surface area contributed by atoms with Crippen molar-refractivity contribution in [3.63, 3.8) is 0 Å². The SMILES string of the molecule is CCOC(=O)CCn1c(Cn2cnc3ccccc32)nc2ccccc21. The van der Waals surface area contributed by atoms with E-state index in [1.807, 2.05) is 61.8 Å². The van der Waals surface area contributed by atoms with Gasteiger partial charge in [-0.1, -0.05) is 24.3 Å². The predicted molar refractivity (Wildman–Crippen MR) is 99.8 cm³/mol. The molecule has 132 valence electrons. The molecule has 0 fully saturated rings. The van der Waals surface area contributed by atoms with Gasteiger partial charge in [0.25, 0.3) is 0 Å². The number of rotatable bonds is 6. The van der Waals surface area contributed by atoms with E-state index < -0.39 is 0 Å². The van der Waals surface area contributed by atoms with Crippen LogP contribution in [0.4, 0.5) is 0 Å². The molecule has 0 radical (unpaired) electrons. The molecular weight excluding hydrogens is 328 g/mol. The highest BCUT2D eigenvalue weighted by atomic mass is 16.5. The van der Waals surface area contributed by atoms with Gasteiger partial charge in [-0.15, -0.1) is 0 Å². The monoisotopic (exact) mass is 348 g/mol. The fraction of sp³-hybridized carbons (Fsp3) is 0.250. The molecule has 26 heavy (non-hydrogen) atoms. The Morgan fingerprint density at radius 1 is 1.04 bits per heavy atom. The summed E-state index contributed by atoms with van der Waals surface area (Å²) in [5.41, 5.74) is 3.98. The molecule has 2 aromatic carbocycles. The lowest BCUT2D eigenvalue weighted by molar-refractivity contribution is -0.143. The van der Waals surface area contributed by atoms with Crippen LogP contribution in [0.5, 0.6) is 0 Å². The van der Waals surface area contributed by atoms with Crippen LogP contribution < -0.4 is 0 Å². The third kappa shape index (κ3) is 3.06. The molecule has 0 N–H and O–H groups in total. The van der Waals surface area contributed by atoms with Gasteiger partial charge in [0.05, 0.1) is 48.0 Å². The molecule has 6 nitrogen and oxygen atoms in total. The van der Waals surface area contributed by atoms with Gasteiger partial charge in [-0.2, -0.15) is 0 Å². The van der Waals surface area contributed by atoms with Gasteiger partial charge >= 0.3 is 5.97 Å². The molecule has 6 heteroatoms. The van der Waals surface area contributed by atoms with Gasteiger partial charge in [-0.05, 0) is 31.2 Å². The van der Waals surface area contributed by atoms with Crippen LogP contribution in [0.15, 0.2) is 54.9 Å². The highest BCUT2D eigenvalue weighted by Gasteiger charge is 2.14. The summed E-state index contributed by atoms with van der Waals surface area (Å²) in [4.78, 5) is 21.0. The molecule has 0 saturated carbocycles. The smallest absolute Gasteiger partial charge is 0.307 e. The van der Waals surface area contributed by atoms with Crippen molar-refractivity contribution in [3.05, 3.63) is 60.7 Å². The molecule has 0 saturated heterocycles. The molecule has 0 unspecified atom stereocenters. The van der Waals surface area contributed by atoms with Gasteiger partial charge in [-0.3, -0.25) is 4.79 Å². The first-order valence-electron chi connectivity index (χ1n) is 8.76. The van der Waals surface area contributed by atoms with Crippen molar-refractivity contribution in [2.24, 2.45) is 0 Å². The van der Waals surface area contributed by atoms with Crippen molar-refractivity contribution < 1.29 is 9.53 Å². The van der Waals surface area contributed by atoms with Crippen LogP contribution in [0.2, 0.25) is 0 Å². The summed E-state index contributed by atoms with van der Waals surface area (Å²) in [6.45, 7) is 3.36. The zero-order valence-corrected chi connectivity index (χ0v) is 14.6. The van der Waals surface area contributed by atoms with E-state index in [1.165, 1.54) is 0 Å². The van der Waals surface area contributed by atoms with E-state index in [9.17, 15) is 4.79 Å². The highest BCUT2D eigenvalue weighted by molar-refractivity contribution is 5.77. The number of hydrogen-bond donors (Lipinski definition) is 0. The van der Waals surface area contributed by atoms with Gasteiger partial charge in [0, 0.05) is 6.54 Å². The maximum Gasteiger partial charge on any atom is 0.307 e. The van der Waals surface area contributed by atoms with E-state index in [0.29, 0.717) is 26.1 Å². The van der Waals surface area contributed by atoms with Crippen molar-refractivity contribution in [2.75, 3.05) is 6.61 Å². The predicted octanol–water partition coefficient (Wildman–Crippen LogP) is 3.39. The lowest BCUT2D eigenvalue weighted by Gasteiger charge is -2.10. The Balaban J connectivity index is 1.69. The molecule has 2 aromatic heterocycles. The largest absolute Gasteiger partial charge is 0.466 e. The second-order valence-corrected chi connectivity index (χ2v) is 6.08. The van der Waals surface area contributed by atoms with E-state index in [1.54, 1.807) is 0 Å². The number of hydrogen-bond acceptors (Lipinski definition) is 4. The quantitative estimate of drug-likeness (QED) is 0.501. The van der Waals surface area contributed by atoms with E-state index in [0.717, 1.165) is 27.9 Å². The Morgan fingerprint density at radius 3 is 2.58 bits per heavy atom. The second kappa shape index (κ2) is 7.00. The summed E-state index contributed by atoms with van der Waals surface area (Å²) < 4.78 is 9.25. The normalized spacial score (nSPS) is 11.3. The number of aromatic nitrogens is 4. The molecule has 0 aliphatic rings. The topological polar surface area (TPSA) is 61.9 Å². The number of imidazole rings is 2. The minimum atomic E-state index is -0.190. The summed E-state index contributed by atoms with van der Waals surface area (Å²) in [5, 5.41) is 0. The third-order valence-electron chi connectivity index (χ3n) is 4.42. The average Bonchev–Trinajstić information content (AvgIpc) is 3.22. The Bertz CT molecular complexity index is 1060. The van der Waals surface area contributed by atoms with Crippen molar-refractivity contribution >= 4 is 28.0 Å². The molecule has 0 amide bonds. The summed E-state index contributed by atoms with van der Waals surface area (Å²) in [6, 6.07) is 16.0. The maximum atomic E-state index is 11.8. The zero-order chi connectivity index (χ0) is 17.9. The summed E-state index contributed by atoms with van der Waals surface area (Å²) in [5.74, 6) is 0.711. The van der Waals surface area contributed by atoms with Crippen LogP contribution >= 0.6 is 0 Å². The second-order valence-electron chi connectivity index (χ2n) is 6.08. The number of carbonyl (C=O) groups excluding carboxylic acids is 1. The molecule has 0 bridgehead atoms. The van der Waals surface area contributed by atoms with E-state index in [2.05, 4.69) is 14.1 Å². The molecule has 4 aromatic rings. The molecule has 0 aliphatic carbocycles. The number of fused-ring (bicyclic) bond motifs is 2. The average molecular weight is 348 g/mol. The van der Waals surface area contributed by atoms with E-state index in [-0.39, 0.29) is 5.97 Å². The van der Waals surface area contributed by atoms with Crippen LogP contribution in [0.3, 0.4) is 0 Å². The number of benzene rings is 2. The number of aryl methyl sites for hydroxylation is 1. The summed E-state index contributed by atoms with van der Waals surface area (Å²) in [6.07, 6.45) is 2.16. The summed E-state index contributed by atoms with van der Waals surface area (Å²) in [7, 11) is 0. The number of para-hydroxylation sites is 4. The van der Waals surface area contributed by atoms with Gasteiger partial charge in [-0.25, -0.2) is 9.97 Å². The number of nitrogens with zero attached hydrogens (tertiary/aromatic N) is 4. The van der Waals surface area contributed by atoms with Crippen molar-refractivity contribution in [1.82, 2.24) is 19.1 Å². The Labute approximate surface area is 151 Å². The van der Waals surface area contributed by atoms with Crippen molar-refractivity contribution in [3.8, 4) is 0 Å². The maximum absolute atomic E-state index is 11.8. The van der Waals surface area contributed by atoms with Crippen LogP contribution in [0, 0.1) is 0 Å².